The van der Waals surface area contributed by atoms with Crippen molar-refractivity contribution < 1.29 is 19.2 Å². The van der Waals surface area contributed by atoms with Crippen molar-refractivity contribution in [1.82, 2.24) is 0 Å². The van der Waals surface area contributed by atoms with Gasteiger partial charge in [-0.1, -0.05) is 18.2 Å². The van der Waals surface area contributed by atoms with E-state index in [0.29, 0.717) is 18.0 Å². The first kappa shape index (κ1) is 17.9. The van der Waals surface area contributed by atoms with Crippen molar-refractivity contribution in [2.75, 3.05) is 32.2 Å². The molecule has 4 rings (SSSR count). The number of rotatable bonds is 4. The van der Waals surface area contributed by atoms with Crippen molar-refractivity contribution in [1.29, 1.82) is 0 Å². The SMILES string of the molecule is COc1ccc(C2(O)CN(c3ccccc3)C3=[N+]2CCCCC3)cc1OC. The fourth-order valence-corrected chi connectivity index (χ4v) is 4.25. The number of benzene rings is 2. The number of ether oxygens (including phenoxy) is 2. The van der Waals surface area contributed by atoms with Crippen LogP contribution in [-0.4, -0.2) is 42.8 Å². The highest BCUT2D eigenvalue weighted by molar-refractivity contribution is 5.95. The Morgan fingerprint density at radius 1 is 0.963 bits per heavy atom. The van der Waals surface area contributed by atoms with E-state index in [9.17, 15) is 5.11 Å². The minimum atomic E-state index is -1.09. The maximum atomic E-state index is 11.9. The zero-order valence-corrected chi connectivity index (χ0v) is 16.0. The molecule has 0 saturated heterocycles. The Hall–Kier alpha value is -2.53. The summed E-state index contributed by atoms with van der Waals surface area (Å²) >= 11 is 0. The number of hydrogen-bond acceptors (Lipinski definition) is 4. The maximum Gasteiger partial charge on any atom is 0.271 e. The molecule has 2 aromatic rings. The monoisotopic (exact) mass is 367 g/mol. The number of aliphatic hydroxyl groups is 1. The normalized spacial score (nSPS) is 22.4. The van der Waals surface area contributed by atoms with Crippen molar-refractivity contribution in [3.8, 4) is 11.5 Å². The van der Waals surface area contributed by atoms with E-state index in [1.807, 2.05) is 36.4 Å². The molecule has 5 heteroatoms. The predicted octanol–water partition coefficient (Wildman–Crippen LogP) is 3.35. The second-order valence-corrected chi connectivity index (χ2v) is 7.19. The second kappa shape index (κ2) is 7.24. The highest BCUT2D eigenvalue weighted by Gasteiger charge is 2.52. The van der Waals surface area contributed by atoms with E-state index in [4.69, 9.17) is 9.47 Å². The minimum Gasteiger partial charge on any atom is -0.493 e. The van der Waals surface area contributed by atoms with Crippen molar-refractivity contribution in [2.45, 2.75) is 31.4 Å². The van der Waals surface area contributed by atoms with Gasteiger partial charge in [0, 0.05) is 12.0 Å². The summed E-state index contributed by atoms with van der Waals surface area (Å²) in [7, 11) is 3.25. The third kappa shape index (κ3) is 3.06. The maximum absolute atomic E-state index is 11.9. The largest absolute Gasteiger partial charge is 0.493 e. The topological polar surface area (TPSA) is 44.9 Å². The Kier molecular flexibility index (Phi) is 4.79. The molecule has 0 amide bonds. The molecule has 2 aliphatic heterocycles. The van der Waals surface area contributed by atoms with Gasteiger partial charge in [-0.3, -0.25) is 0 Å². The van der Waals surface area contributed by atoms with Gasteiger partial charge in [-0.2, -0.15) is 0 Å². The summed E-state index contributed by atoms with van der Waals surface area (Å²) in [6.07, 6.45) is 4.40. The van der Waals surface area contributed by atoms with E-state index in [0.717, 1.165) is 37.1 Å². The fraction of sp³-hybridized carbons (Fsp3) is 0.409. The first-order valence-electron chi connectivity index (χ1n) is 9.58. The van der Waals surface area contributed by atoms with E-state index in [-0.39, 0.29) is 0 Å². The van der Waals surface area contributed by atoms with Crippen LogP contribution in [0.4, 0.5) is 5.69 Å². The van der Waals surface area contributed by atoms with Gasteiger partial charge in [0.15, 0.2) is 18.0 Å². The smallest absolute Gasteiger partial charge is 0.271 e. The predicted molar refractivity (Wildman–Crippen MR) is 106 cm³/mol. The van der Waals surface area contributed by atoms with Crippen LogP contribution >= 0.6 is 0 Å². The summed E-state index contributed by atoms with van der Waals surface area (Å²) in [5.41, 5.74) is 0.864. The summed E-state index contributed by atoms with van der Waals surface area (Å²) in [4.78, 5) is 2.27. The van der Waals surface area contributed by atoms with Crippen molar-refractivity contribution in [3.05, 3.63) is 54.1 Å². The van der Waals surface area contributed by atoms with Crippen molar-refractivity contribution >= 4 is 11.5 Å². The van der Waals surface area contributed by atoms with E-state index < -0.39 is 5.72 Å². The molecule has 142 valence electrons. The molecule has 0 saturated carbocycles. The summed E-state index contributed by atoms with van der Waals surface area (Å²) in [5.74, 6) is 2.51. The number of hydrogen-bond donors (Lipinski definition) is 1. The Balaban J connectivity index is 1.81. The highest BCUT2D eigenvalue weighted by atomic mass is 16.5. The molecule has 0 fully saturated rings. The molecule has 1 N–H and O–H groups in total. The van der Waals surface area contributed by atoms with Gasteiger partial charge in [0.1, 0.15) is 5.69 Å². The Bertz CT molecular complexity index is 850. The number of amidine groups is 1. The fourth-order valence-electron chi connectivity index (χ4n) is 4.25. The van der Waals surface area contributed by atoms with Gasteiger partial charge >= 0.3 is 0 Å². The third-order valence-electron chi connectivity index (χ3n) is 5.64. The summed E-state index contributed by atoms with van der Waals surface area (Å²) in [5, 5.41) is 11.9. The second-order valence-electron chi connectivity index (χ2n) is 7.19. The lowest BCUT2D eigenvalue weighted by Gasteiger charge is -2.24. The number of para-hydroxylation sites is 1. The Morgan fingerprint density at radius 3 is 2.48 bits per heavy atom. The average molecular weight is 367 g/mol. The molecule has 0 aliphatic carbocycles. The van der Waals surface area contributed by atoms with Crippen LogP contribution in [0.1, 0.15) is 31.2 Å². The van der Waals surface area contributed by atoms with Gasteiger partial charge in [0.05, 0.1) is 20.8 Å². The highest BCUT2D eigenvalue weighted by Crippen LogP contribution is 2.38. The number of β-amino-alcohol motifs (C(OH)–C–C–N with tert-alkyl or cyclic N) is 1. The van der Waals surface area contributed by atoms with Crippen LogP contribution in [0.3, 0.4) is 0 Å². The van der Waals surface area contributed by atoms with Crippen LogP contribution in [0.5, 0.6) is 11.5 Å². The molecule has 0 spiro atoms. The Labute approximate surface area is 160 Å². The Morgan fingerprint density at radius 2 is 1.74 bits per heavy atom. The molecule has 0 aromatic heterocycles. The van der Waals surface area contributed by atoms with Crippen LogP contribution in [0.2, 0.25) is 0 Å². The number of nitrogens with zero attached hydrogens (tertiary/aromatic N) is 2. The van der Waals surface area contributed by atoms with Gasteiger partial charge in [-0.05, 0) is 49.6 Å². The number of anilines is 1. The van der Waals surface area contributed by atoms with Crippen LogP contribution in [0.15, 0.2) is 48.5 Å². The van der Waals surface area contributed by atoms with Gasteiger partial charge in [-0.15, -0.1) is 0 Å². The molecule has 2 aliphatic rings. The van der Waals surface area contributed by atoms with Crippen molar-refractivity contribution in [3.63, 3.8) is 0 Å². The quantitative estimate of drug-likeness (QED) is 0.842. The molecule has 2 heterocycles. The van der Waals surface area contributed by atoms with Gasteiger partial charge in [0.2, 0.25) is 0 Å². The standard InChI is InChI=1S/C22H27N2O3/c1-26-19-13-12-17(15-20(19)27-2)22(25)16-23(18-9-5-3-6-10-18)21-11-7-4-8-14-24(21)22/h3,5-6,9-10,12-13,15,25H,4,7-8,11,14,16H2,1-2H3/q+1. The van der Waals surface area contributed by atoms with Gasteiger partial charge in [0.25, 0.3) is 11.6 Å². The van der Waals surface area contributed by atoms with Gasteiger partial charge in [-0.25, -0.2) is 9.48 Å². The molecule has 1 atom stereocenters. The zero-order chi connectivity index (χ0) is 18.9. The third-order valence-corrected chi connectivity index (χ3v) is 5.64. The molecular formula is C22H27N2O3+. The lowest BCUT2D eigenvalue weighted by atomic mass is 10.0. The van der Waals surface area contributed by atoms with Gasteiger partial charge < -0.3 is 14.6 Å². The van der Waals surface area contributed by atoms with E-state index in [2.05, 4.69) is 21.6 Å². The molecule has 0 radical (unpaired) electrons. The van der Waals surface area contributed by atoms with Crippen LogP contribution in [-0.2, 0) is 5.72 Å². The first-order chi connectivity index (χ1) is 13.2. The van der Waals surface area contributed by atoms with Crippen LogP contribution in [0, 0.1) is 0 Å². The summed E-state index contributed by atoms with van der Waals surface area (Å²) in [6, 6.07) is 16.0. The van der Waals surface area contributed by atoms with E-state index >= 15 is 0 Å². The van der Waals surface area contributed by atoms with E-state index in [1.165, 1.54) is 12.3 Å². The first-order valence-corrected chi connectivity index (χ1v) is 9.58. The van der Waals surface area contributed by atoms with Crippen molar-refractivity contribution in [2.24, 2.45) is 0 Å². The van der Waals surface area contributed by atoms with E-state index in [1.54, 1.807) is 14.2 Å². The molecule has 0 bridgehead atoms. The summed E-state index contributed by atoms with van der Waals surface area (Å²) < 4.78 is 13.0. The molecule has 5 nitrogen and oxygen atoms in total. The lowest BCUT2D eigenvalue weighted by molar-refractivity contribution is -0.658. The minimum absolute atomic E-state index is 0.502. The molecule has 27 heavy (non-hydrogen) atoms. The molecule has 2 aromatic carbocycles. The van der Waals surface area contributed by atoms with Crippen LogP contribution < -0.4 is 14.4 Å². The molecular weight excluding hydrogens is 340 g/mol. The lowest BCUT2D eigenvalue weighted by Crippen LogP contribution is -2.41. The zero-order valence-electron chi connectivity index (χ0n) is 16.0. The average Bonchev–Trinajstić information content (AvgIpc) is 2.87. The molecule has 1 unspecified atom stereocenters. The summed E-state index contributed by atoms with van der Waals surface area (Å²) in [6.45, 7) is 1.35. The number of methoxy groups -OCH3 is 2. The van der Waals surface area contributed by atoms with Crippen LogP contribution in [0.25, 0.3) is 0 Å².